The molecule has 4 aliphatic rings. The Morgan fingerprint density at radius 2 is 1.84 bits per heavy atom. The van der Waals surface area contributed by atoms with Gasteiger partial charge in [0.05, 0.1) is 25.2 Å². The number of amidine groups is 2. The number of aliphatic hydroxyl groups excluding tert-OH is 1. The molecule has 0 unspecified atom stereocenters. The van der Waals surface area contributed by atoms with Gasteiger partial charge in [0.25, 0.3) is 5.97 Å². The molecule has 4 aliphatic heterocycles. The summed E-state index contributed by atoms with van der Waals surface area (Å²) in [6.07, 6.45) is 4.70. The highest BCUT2D eigenvalue weighted by Gasteiger charge is 2.37. The molecule has 0 bridgehead atoms. The number of hydrogen-bond donors (Lipinski definition) is 3. The summed E-state index contributed by atoms with van der Waals surface area (Å²) in [7, 11) is 0. The van der Waals surface area contributed by atoms with Crippen molar-refractivity contribution in [3.8, 4) is 0 Å². The first-order chi connectivity index (χ1) is 17.8. The van der Waals surface area contributed by atoms with Gasteiger partial charge in [-0.3, -0.25) is 14.6 Å². The lowest BCUT2D eigenvalue weighted by molar-refractivity contribution is -0.134. The van der Waals surface area contributed by atoms with Crippen LogP contribution in [0.3, 0.4) is 0 Å². The van der Waals surface area contributed by atoms with Gasteiger partial charge >= 0.3 is 0 Å². The Morgan fingerprint density at radius 1 is 1.14 bits per heavy atom. The highest BCUT2D eigenvalue weighted by Crippen LogP contribution is 2.27. The van der Waals surface area contributed by atoms with Gasteiger partial charge in [-0.2, -0.15) is 0 Å². The predicted molar refractivity (Wildman–Crippen MR) is 144 cm³/mol. The van der Waals surface area contributed by atoms with Crippen molar-refractivity contribution in [3.63, 3.8) is 0 Å². The summed E-state index contributed by atoms with van der Waals surface area (Å²) in [5, 5.41) is 26.4. The Kier molecular flexibility index (Phi) is 9.77. The number of carboxylic acids is 1. The van der Waals surface area contributed by atoms with Crippen LogP contribution >= 0.6 is 11.6 Å². The van der Waals surface area contributed by atoms with Crippen LogP contribution in [0.25, 0.3) is 0 Å². The highest BCUT2D eigenvalue weighted by molar-refractivity contribution is 6.30. The molecule has 11 heteroatoms. The van der Waals surface area contributed by atoms with Gasteiger partial charge in [0.1, 0.15) is 11.7 Å². The summed E-state index contributed by atoms with van der Waals surface area (Å²) in [4.78, 5) is 16.4. The first kappa shape index (κ1) is 27.8. The molecule has 1 aromatic carbocycles. The summed E-state index contributed by atoms with van der Waals surface area (Å²) < 4.78 is 6.37. The van der Waals surface area contributed by atoms with Gasteiger partial charge in [0.2, 0.25) is 0 Å². The van der Waals surface area contributed by atoms with Crippen molar-refractivity contribution < 1.29 is 19.7 Å². The average Bonchev–Trinajstić information content (AvgIpc) is 3.49. The van der Waals surface area contributed by atoms with Crippen molar-refractivity contribution in [2.24, 2.45) is 15.9 Å². The van der Waals surface area contributed by atoms with E-state index in [-0.39, 0.29) is 12.2 Å². The number of likely N-dealkylation sites (tertiary alicyclic amines) is 2. The standard InChI is InChI=1S/C24H35ClN6O2.C2H4O2/c25-18-3-1-17(2-4-18)11-20-16-33-22(14-29-8-7-21(32)13-29)15-31(20)19-5-9-30(10-6-19)24-12-23(26)27-28-24;1-2(3)4/h1-4,19-22,32H,5-16H2,(H2,26,27);1H3,(H,3,4)/t20-,21-,22-;/m0./s1. The van der Waals surface area contributed by atoms with Crippen LogP contribution in [0, 0.1) is 0 Å². The van der Waals surface area contributed by atoms with E-state index in [0.717, 1.165) is 89.3 Å². The van der Waals surface area contributed by atoms with E-state index in [1.165, 1.54) is 5.56 Å². The van der Waals surface area contributed by atoms with Crippen molar-refractivity contribution >= 4 is 29.2 Å². The quantitative estimate of drug-likeness (QED) is 0.520. The number of benzene rings is 1. The molecule has 4 heterocycles. The monoisotopic (exact) mass is 534 g/mol. The van der Waals surface area contributed by atoms with Gasteiger partial charge in [-0.15, -0.1) is 10.2 Å². The number of ether oxygens (including phenoxy) is 1. The summed E-state index contributed by atoms with van der Waals surface area (Å²) in [6.45, 7) is 7.35. The molecule has 1 aromatic rings. The molecule has 0 amide bonds. The molecule has 0 saturated carbocycles. The smallest absolute Gasteiger partial charge is 0.300 e. The number of hydrogen-bond acceptors (Lipinski definition) is 9. The number of aliphatic hydroxyl groups is 1. The average molecular weight is 535 g/mol. The van der Waals surface area contributed by atoms with Crippen LogP contribution < -0.4 is 5.73 Å². The Balaban J connectivity index is 0.000000747. The number of β-amino-alcohol motifs (C(OH)–C–C–N with tert-alkyl or cyclic N) is 1. The van der Waals surface area contributed by atoms with Crippen molar-refractivity contribution in [1.82, 2.24) is 14.7 Å². The fraction of sp³-hybridized carbons (Fsp3) is 0.654. The summed E-state index contributed by atoms with van der Waals surface area (Å²) >= 11 is 6.10. The van der Waals surface area contributed by atoms with Gasteiger partial charge in [-0.25, -0.2) is 0 Å². The first-order valence-corrected chi connectivity index (χ1v) is 13.5. The van der Waals surface area contributed by atoms with Crippen LogP contribution in [0.5, 0.6) is 0 Å². The van der Waals surface area contributed by atoms with E-state index < -0.39 is 5.97 Å². The molecule has 37 heavy (non-hydrogen) atoms. The molecule has 0 aliphatic carbocycles. The maximum Gasteiger partial charge on any atom is 0.300 e. The lowest BCUT2D eigenvalue weighted by Crippen LogP contribution is -2.59. The number of carboxylic acid groups (broad SMARTS) is 1. The second-order valence-corrected chi connectivity index (χ2v) is 10.8. The molecule has 0 radical (unpaired) electrons. The predicted octanol–water partition coefficient (Wildman–Crippen LogP) is 1.65. The number of carbonyl (C=O) groups is 1. The highest BCUT2D eigenvalue weighted by atomic mass is 35.5. The molecule has 3 atom stereocenters. The summed E-state index contributed by atoms with van der Waals surface area (Å²) in [6, 6.07) is 9.08. The van der Waals surface area contributed by atoms with E-state index in [0.29, 0.717) is 24.3 Å². The van der Waals surface area contributed by atoms with Crippen molar-refractivity contribution in [2.75, 3.05) is 45.9 Å². The minimum atomic E-state index is -0.833. The maximum atomic E-state index is 9.91. The van der Waals surface area contributed by atoms with Crippen molar-refractivity contribution in [3.05, 3.63) is 34.9 Å². The van der Waals surface area contributed by atoms with Crippen LogP contribution in [0.2, 0.25) is 5.02 Å². The molecule has 5 rings (SSSR count). The van der Waals surface area contributed by atoms with Gasteiger partial charge in [-0.05, 0) is 43.4 Å². The normalized spacial score (nSPS) is 27.4. The molecular formula is C26H39ClN6O4. The maximum absolute atomic E-state index is 9.91. The van der Waals surface area contributed by atoms with Crippen molar-refractivity contribution in [1.29, 1.82) is 0 Å². The van der Waals surface area contributed by atoms with Crippen LogP contribution in [0.1, 0.15) is 38.2 Å². The lowest BCUT2D eigenvalue weighted by Gasteiger charge is -2.47. The fourth-order valence-electron chi connectivity index (χ4n) is 5.66. The Morgan fingerprint density at radius 3 is 2.43 bits per heavy atom. The molecule has 3 saturated heterocycles. The number of nitrogens with two attached hydrogens (primary N) is 1. The first-order valence-electron chi connectivity index (χ1n) is 13.1. The van der Waals surface area contributed by atoms with Crippen molar-refractivity contribution in [2.45, 2.75) is 63.3 Å². The second kappa shape index (κ2) is 13.0. The Bertz CT molecular complexity index is 962. The molecule has 0 spiro atoms. The lowest BCUT2D eigenvalue weighted by atomic mass is 9.96. The number of nitrogens with zero attached hydrogens (tertiary/aromatic N) is 5. The number of piperidine rings is 1. The number of rotatable bonds is 5. The largest absolute Gasteiger partial charge is 0.481 e. The zero-order valence-electron chi connectivity index (χ0n) is 21.5. The van der Waals surface area contributed by atoms with Gasteiger partial charge in [0.15, 0.2) is 0 Å². The zero-order chi connectivity index (χ0) is 26.4. The minimum absolute atomic E-state index is 0.183. The van der Waals surface area contributed by atoms with E-state index in [2.05, 4.69) is 37.0 Å². The van der Waals surface area contributed by atoms with Crippen LogP contribution in [-0.4, -0.2) is 113 Å². The van der Waals surface area contributed by atoms with E-state index in [1.54, 1.807) is 0 Å². The van der Waals surface area contributed by atoms with E-state index in [9.17, 15) is 5.11 Å². The van der Waals surface area contributed by atoms with E-state index in [4.69, 9.17) is 32.0 Å². The Labute approximate surface area is 223 Å². The third kappa shape index (κ3) is 8.12. The Hall–Kier alpha value is -2.24. The molecular weight excluding hydrogens is 496 g/mol. The molecule has 204 valence electrons. The third-order valence-corrected chi connectivity index (χ3v) is 7.69. The van der Waals surface area contributed by atoms with Crippen LogP contribution in [-0.2, 0) is 16.0 Å². The zero-order valence-corrected chi connectivity index (χ0v) is 22.3. The van der Waals surface area contributed by atoms with Gasteiger partial charge in [-0.1, -0.05) is 23.7 Å². The van der Waals surface area contributed by atoms with Crippen LogP contribution in [0.4, 0.5) is 0 Å². The molecule has 0 aromatic heterocycles. The number of halogens is 1. The van der Waals surface area contributed by atoms with Gasteiger partial charge in [0, 0.05) is 63.3 Å². The summed E-state index contributed by atoms with van der Waals surface area (Å²) in [5.41, 5.74) is 7.12. The number of morpholine rings is 1. The molecule has 3 fully saturated rings. The van der Waals surface area contributed by atoms with E-state index >= 15 is 0 Å². The second-order valence-electron chi connectivity index (χ2n) is 10.4. The number of aliphatic carboxylic acids is 1. The van der Waals surface area contributed by atoms with E-state index in [1.807, 2.05) is 12.1 Å². The van der Waals surface area contributed by atoms with Gasteiger partial charge < -0.3 is 25.6 Å². The molecule has 10 nitrogen and oxygen atoms in total. The SMILES string of the molecule is CC(=O)O.NC1=NN=C(N2CCC(N3C[C@H](CN4CC[C@H](O)C4)OC[C@@H]3Cc3ccc(Cl)cc3)CC2)C1. The third-order valence-electron chi connectivity index (χ3n) is 7.43. The summed E-state index contributed by atoms with van der Waals surface area (Å²) in [5.74, 6) is 0.786. The topological polar surface area (TPSA) is 127 Å². The minimum Gasteiger partial charge on any atom is -0.481 e. The fourth-order valence-corrected chi connectivity index (χ4v) is 5.78. The molecule has 4 N–H and O–H groups in total. The van der Waals surface area contributed by atoms with Crippen LogP contribution in [0.15, 0.2) is 34.5 Å².